The summed E-state index contributed by atoms with van der Waals surface area (Å²) in [6, 6.07) is 0. The SMILES string of the molecule is CCOC(=O)C1(C(=O)OCC)CC(CC)=C(C(=O)CCC(C)=O)C1. The average Bonchev–Trinajstić information content (AvgIpc) is 2.94. The molecule has 1 rings (SSSR count). The summed E-state index contributed by atoms with van der Waals surface area (Å²) in [5.74, 6) is -1.55. The smallest absolute Gasteiger partial charge is 0.324 e. The van der Waals surface area contributed by atoms with Gasteiger partial charge in [0.1, 0.15) is 5.78 Å². The Bertz CT molecular complexity index is 540. The second-order valence-electron chi connectivity index (χ2n) is 5.94. The number of rotatable bonds is 9. The van der Waals surface area contributed by atoms with Gasteiger partial charge in [-0.2, -0.15) is 0 Å². The molecule has 6 nitrogen and oxygen atoms in total. The highest BCUT2D eigenvalue weighted by molar-refractivity contribution is 6.06. The Hall–Kier alpha value is -1.98. The van der Waals surface area contributed by atoms with Crippen LogP contribution in [0.25, 0.3) is 0 Å². The molecular weight excluding hydrogens is 312 g/mol. The Kier molecular flexibility index (Phi) is 7.32. The minimum Gasteiger partial charge on any atom is -0.465 e. The standard InChI is InChI=1S/C18H26O6/c1-5-13-10-18(16(21)23-6-2,17(22)24-7-3)11-14(13)15(20)9-8-12(4)19/h5-11H2,1-4H3. The van der Waals surface area contributed by atoms with Crippen LogP contribution in [0, 0.1) is 5.41 Å². The van der Waals surface area contributed by atoms with E-state index < -0.39 is 17.4 Å². The fourth-order valence-electron chi connectivity index (χ4n) is 2.95. The fraction of sp³-hybridized carbons (Fsp3) is 0.667. The van der Waals surface area contributed by atoms with Crippen molar-refractivity contribution in [1.82, 2.24) is 0 Å². The van der Waals surface area contributed by atoms with E-state index in [2.05, 4.69) is 0 Å². The van der Waals surface area contributed by atoms with E-state index in [4.69, 9.17) is 9.47 Å². The van der Waals surface area contributed by atoms with Crippen LogP contribution in [-0.4, -0.2) is 36.7 Å². The summed E-state index contributed by atoms with van der Waals surface area (Å²) in [4.78, 5) is 48.5. The highest BCUT2D eigenvalue weighted by atomic mass is 16.6. The van der Waals surface area contributed by atoms with E-state index in [1.54, 1.807) is 13.8 Å². The number of allylic oxidation sites excluding steroid dienone is 2. The zero-order valence-electron chi connectivity index (χ0n) is 14.9. The minimum absolute atomic E-state index is 0.00935. The van der Waals surface area contributed by atoms with Gasteiger partial charge in [-0.1, -0.05) is 12.5 Å². The van der Waals surface area contributed by atoms with E-state index in [-0.39, 0.29) is 50.5 Å². The molecule has 1 aliphatic rings. The van der Waals surface area contributed by atoms with Crippen molar-refractivity contribution in [3.8, 4) is 0 Å². The normalized spacial score (nSPS) is 16.0. The molecule has 0 N–H and O–H groups in total. The molecule has 0 bridgehead atoms. The van der Waals surface area contributed by atoms with Gasteiger partial charge < -0.3 is 14.3 Å². The summed E-state index contributed by atoms with van der Waals surface area (Å²) in [7, 11) is 0. The molecule has 0 aromatic carbocycles. The average molecular weight is 338 g/mol. The lowest BCUT2D eigenvalue weighted by Gasteiger charge is -2.25. The van der Waals surface area contributed by atoms with E-state index in [9.17, 15) is 19.2 Å². The summed E-state index contributed by atoms with van der Waals surface area (Å²) in [5.41, 5.74) is -0.233. The molecule has 0 saturated heterocycles. The summed E-state index contributed by atoms with van der Waals surface area (Å²) in [6.07, 6.45) is 0.940. The molecule has 0 heterocycles. The van der Waals surface area contributed by atoms with Crippen molar-refractivity contribution in [3.63, 3.8) is 0 Å². The first-order chi connectivity index (χ1) is 11.3. The Morgan fingerprint density at radius 3 is 1.88 bits per heavy atom. The van der Waals surface area contributed by atoms with E-state index in [1.165, 1.54) is 6.92 Å². The van der Waals surface area contributed by atoms with Crippen LogP contribution >= 0.6 is 0 Å². The first-order valence-electron chi connectivity index (χ1n) is 8.40. The van der Waals surface area contributed by atoms with Crippen LogP contribution in [0.2, 0.25) is 0 Å². The molecule has 24 heavy (non-hydrogen) atoms. The molecule has 6 heteroatoms. The number of hydrogen-bond donors (Lipinski definition) is 0. The molecule has 0 spiro atoms. The van der Waals surface area contributed by atoms with Crippen molar-refractivity contribution in [2.45, 2.75) is 59.8 Å². The zero-order valence-corrected chi connectivity index (χ0v) is 14.9. The van der Waals surface area contributed by atoms with Crippen molar-refractivity contribution in [2.24, 2.45) is 5.41 Å². The van der Waals surface area contributed by atoms with E-state index >= 15 is 0 Å². The molecule has 0 aromatic heterocycles. The van der Waals surface area contributed by atoms with Crippen molar-refractivity contribution >= 4 is 23.5 Å². The third-order valence-electron chi connectivity index (χ3n) is 4.22. The predicted molar refractivity (Wildman–Crippen MR) is 87.2 cm³/mol. The second kappa shape index (κ2) is 8.76. The number of ketones is 2. The van der Waals surface area contributed by atoms with Crippen LogP contribution in [0.4, 0.5) is 0 Å². The number of Topliss-reactive ketones (excluding diaryl/α,β-unsaturated/α-hetero) is 2. The van der Waals surface area contributed by atoms with Crippen LogP contribution in [-0.2, 0) is 28.7 Å². The lowest BCUT2D eigenvalue weighted by atomic mass is 9.83. The van der Waals surface area contributed by atoms with Crippen molar-refractivity contribution in [3.05, 3.63) is 11.1 Å². The van der Waals surface area contributed by atoms with Gasteiger partial charge in [-0.3, -0.25) is 14.4 Å². The molecule has 1 aliphatic carbocycles. The molecule has 0 saturated carbocycles. The van der Waals surface area contributed by atoms with E-state index in [0.717, 1.165) is 5.57 Å². The maximum Gasteiger partial charge on any atom is 0.324 e. The Morgan fingerprint density at radius 1 is 0.917 bits per heavy atom. The largest absolute Gasteiger partial charge is 0.465 e. The number of ether oxygens (including phenoxy) is 2. The lowest BCUT2D eigenvalue weighted by molar-refractivity contribution is -0.171. The van der Waals surface area contributed by atoms with Crippen molar-refractivity contribution in [1.29, 1.82) is 0 Å². The maximum absolute atomic E-state index is 12.5. The minimum atomic E-state index is -1.47. The lowest BCUT2D eigenvalue weighted by Crippen LogP contribution is -2.40. The summed E-state index contributed by atoms with van der Waals surface area (Å²) >= 11 is 0. The third kappa shape index (κ3) is 4.30. The molecule has 0 amide bonds. The Balaban J connectivity index is 3.11. The van der Waals surface area contributed by atoms with Crippen LogP contribution in [0.1, 0.15) is 59.8 Å². The topological polar surface area (TPSA) is 86.7 Å². The number of carbonyl (C=O) groups is 4. The number of hydrogen-bond acceptors (Lipinski definition) is 6. The van der Waals surface area contributed by atoms with E-state index in [0.29, 0.717) is 12.0 Å². The quantitative estimate of drug-likeness (QED) is 0.474. The first-order valence-corrected chi connectivity index (χ1v) is 8.40. The van der Waals surface area contributed by atoms with Crippen LogP contribution in [0.15, 0.2) is 11.1 Å². The summed E-state index contributed by atoms with van der Waals surface area (Å²) in [6.45, 7) is 6.93. The molecule has 0 aliphatic heterocycles. The highest BCUT2D eigenvalue weighted by Crippen LogP contribution is 2.46. The Morgan fingerprint density at radius 2 is 1.46 bits per heavy atom. The van der Waals surface area contributed by atoms with Crippen molar-refractivity contribution < 1.29 is 28.7 Å². The third-order valence-corrected chi connectivity index (χ3v) is 4.22. The predicted octanol–water partition coefficient (Wildman–Crippen LogP) is 2.54. The second-order valence-corrected chi connectivity index (χ2v) is 5.94. The Labute approximate surface area is 142 Å². The molecule has 134 valence electrons. The first kappa shape index (κ1) is 20.1. The number of carbonyl (C=O) groups excluding carboxylic acids is 4. The molecular formula is C18H26O6. The molecule has 0 unspecified atom stereocenters. The number of esters is 2. The van der Waals surface area contributed by atoms with Gasteiger partial charge in [0.25, 0.3) is 0 Å². The van der Waals surface area contributed by atoms with E-state index in [1.807, 2.05) is 6.92 Å². The van der Waals surface area contributed by atoms with Crippen LogP contribution in [0.3, 0.4) is 0 Å². The molecule has 0 fully saturated rings. The maximum atomic E-state index is 12.5. The van der Waals surface area contributed by atoms with Gasteiger partial charge >= 0.3 is 11.9 Å². The van der Waals surface area contributed by atoms with Gasteiger partial charge in [-0.15, -0.1) is 0 Å². The fourth-order valence-corrected chi connectivity index (χ4v) is 2.95. The molecule has 0 radical (unpaired) electrons. The van der Waals surface area contributed by atoms with Gasteiger partial charge in [-0.25, -0.2) is 0 Å². The summed E-state index contributed by atoms with van der Waals surface area (Å²) < 4.78 is 10.2. The molecule has 0 aromatic rings. The van der Waals surface area contributed by atoms with Crippen LogP contribution in [0.5, 0.6) is 0 Å². The summed E-state index contributed by atoms with van der Waals surface area (Å²) in [5, 5.41) is 0. The van der Waals surface area contributed by atoms with Gasteiger partial charge in [-0.05, 0) is 39.2 Å². The monoisotopic (exact) mass is 338 g/mol. The molecule has 0 atom stereocenters. The van der Waals surface area contributed by atoms with Gasteiger partial charge in [0.15, 0.2) is 11.2 Å². The highest BCUT2D eigenvalue weighted by Gasteiger charge is 2.54. The van der Waals surface area contributed by atoms with Crippen molar-refractivity contribution in [2.75, 3.05) is 13.2 Å². The zero-order chi connectivity index (χ0) is 18.3. The van der Waals surface area contributed by atoms with Gasteiger partial charge in [0, 0.05) is 19.3 Å². The van der Waals surface area contributed by atoms with Gasteiger partial charge in [0.05, 0.1) is 13.2 Å². The van der Waals surface area contributed by atoms with Crippen LogP contribution < -0.4 is 0 Å². The van der Waals surface area contributed by atoms with Gasteiger partial charge in [0.2, 0.25) is 0 Å².